The largest absolute Gasteiger partial charge is 0.506 e. The predicted octanol–water partition coefficient (Wildman–Crippen LogP) is 6.37. The number of aromatic hydroxyl groups is 1. The molecule has 7 nitrogen and oxygen atoms in total. The van der Waals surface area contributed by atoms with Gasteiger partial charge >= 0.3 is 0 Å². The van der Waals surface area contributed by atoms with Crippen LogP contribution in [0.2, 0.25) is 0 Å². The van der Waals surface area contributed by atoms with Gasteiger partial charge in [0.05, 0.1) is 25.3 Å². The fourth-order valence-electron chi connectivity index (χ4n) is 5.55. The molecule has 1 aromatic heterocycles. The van der Waals surface area contributed by atoms with Gasteiger partial charge in [0.25, 0.3) is 11.5 Å². The van der Waals surface area contributed by atoms with Crippen LogP contribution < -0.4 is 15.0 Å². The summed E-state index contributed by atoms with van der Waals surface area (Å²) < 4.78 is 11.2. The van der Waals surface area contributed by atoms with E-state index in [2.05, 4.69) is 44.0 Å². The van der Waals surface area contributed by atoms with Crippen LogP contribution in [0.5, 0.6) is 17.2 Å². The number of unbranched alkanes of at least 4 members (excludes halogenated alkanes) is 1. The van der Waals surface area contributed by atoms with Gasteiger partial charge in [0.1, 0.15) is 22.8 Å². The molecule has 2 aromatic carbocycles. The molecule has 1 amide bonds. The number of rotatable bonds is 9. The van der Waals surface area contributed by atoms with E-state index in [1.807, 2.05) is 12.1 Å². The Bertz CT molecular complexity index is 1430. The number of aromatic nitrogens is 1. The van der Waals surface area contributed by atoms with Gasteiger partial charge < -0.3 is 24.5 Å². The molecule has 0 bridgehead atoms. The summed E-state index contributed by atoms with van der Waals surface area (Å²) in [6, 6.07) is 13.6. The van der Waals surface area contributed by atoms with Crippen molar-refractivity contribution in [1.29, 1.82) is 0 Å². The summed E-state index contributed by atoms with van der Waals surface area (Å²) in [5.41, 5.74) is 4.34. The third-order valence-electron chi connectivity index (χ3n) is 7.94. The third kappa shape index (κ3) is 5.93. The van der Waals surface area contributed by atoms with Gasteiger partial charge in [-0.3, -0.25) is 9.59 Å². The summed E-state index contributed by atoms with van der Waals surface area (Å²) in [7, 11) is 3.08. The van der Waals surface area contributed by atoms with Gasteiger partial charge in [0.2, 0.25) is 0 Å². The van der Waals surface area contributed by atoms with Crippen molar-refractivity contribution >= 4 is 12.0 Å². The van der Waals surface area contributed by atoms with E-state index < -0.39 is 11.5 Å². The number of pyridine rings is 1. The van der Waals surface area contributed by atoms with Crippen LogP contribution in [0.15, 0.2) is 52.8 Å². The number of methoxy groups -OCH3 is 2. The van der Waals surface area contributed by atoms with E-state index in [1.165, 1.54) is 16.7 Å². The molecule has 3 aromatic rings. The van der Waals surface area contributed by atoms with E-state index in [-0.39, 0.29) is 11.3 Å². The maximum Gasteiger partial charge on any atom is 0.264 e. The van der Waals surface area contributed by atoms with Crippen molar-refractivity contribution < 1.29 is 19.4 Å². The standard InChI is InChI=1S/C33H40N2O5/c1-6-7-13-25-28(29-26(39-4)14-10-15-27(29)40-5)31(36)30(32(37)34-25)33(38)35-18-16-23(17-19-35)22(3)20-24-12-9-8-11-21(24)2/h8-12,14-15,20,23H,6-7,13,16-19H2,1-5H3,(H2,34,36,37)/b22-20+. The Balaban J connectivity index is 1.66. The number of ether oxygens (including phenoxy) is 2. The number of carbonyl (C=O) groups excluding carboxylic acids is 1. The molecule has 7 heteroatoms. The number of aromatic amines is 1. The fourth-order valence-corrected chi connectivity index (χ4v) is 5.55. The second-order valence-electron chi connectivity index (χ2n) is 10.5. The van der Waals surface area contributed by atoms with Gasteiger partial charge in [-0.2, -0.15) is 0 Å². The van der Waals surface area contributed by atoms with Crippen LogP contribution in [0.3, 0.4) is 0 Å². The van der Waals surface area contributed by atoms with E-state index >= 15 is 0 Å². The summed E-state index contributed by atoms with van der Waals surface area (Å²) in [6.07, 6.45) is 6.05. The molecular formula is C33H40N2O5. The summed E-state index contributed by atoms with van der Waals surface area (Å²) in [4.78, 5) is 31.6. The molecular weight excluding hydrogens is 504 g/mol. The Morgan fingerprint density at radius 3 is 2.30 bits per heavy atom. The number of carbonyl (C=O) groups is 1. The molecule has 1 aliphatic heterocycles. The Morgan fingerprint density at radius 2 is 1.70 bits per heavy atom. The number of allylic oxidation sites excluding steroid dienone is 1. The Hall–Kier alpha value is -4.00. The number of amides is 1. The van der Waals surface area contributed by atoms with Crippen LogP contribution in [0, 0.1) is 12.8 Å². The molecule has 0 saturated carbocycles. The Morgan fingerprint density at radius 1 is 1.05 bits per heavy atom. The Labute approximate surface area is 236 Å². The molecule has 0 spiro atoms. The van der Waals surface area contributed by atoms with Gasteiger partial charge in [0.15, 0.2) is 0 Å². The number of nitrogens with zero attached hydrogens (tertiary/aromatic N) is 1. The quantitative estimate of drug-likeness (QED) is 0.327. The summed E-state index contributed by atoms with van der Waals surface area (Å²) >= 11 is 0. The average molecular weight is 545 g/mol. The molecule has 4 rings (SSSR count). The molecule has 0 atom stereocenters. The minimum absolute atomic E-state index is 0.242. The predicted molar refractivity (Wildman–Crippen MR) is 159 cm³/mol. The number of likely N-dealkylation sites (tertiary alicyclic amines) is 1. The topological polar surface area (TPSA) is 91.9 Å². The van der Waals surface area contributed by atoms with Gasteiger partial charge in [0, 0.05) is 18.8 Å². The molecule has 1 fully saturated rings. The van der Waals surface area contributed by atoms with Crippen LogP contribution >= 0.6 is 0 Å². The van der Waals surface area contributed by atoms with Gasteiger partial charge in [-0.05, 0) is 68.7 Å². The highest BCUT2D eigenvalue weighted by atomic mass is 16.5. The van der Waals surface area contributed by atoms with Crippen molar-refractivity contribution in [2.75, 3.05) is 27.3 Å². The van der Waals surface area contributed by atoms with Crippen molar-refractivity contribution in [3.8, 4) is 28.4 Å². The normalized spacial score (nSPS) is 14.3. The molecule has 0 radical (unpaired) electrons. The van der Waals surface area contributed by atoms with Crippen molar-refractivity contribution in [3.63, 3.8) is 0 Å². The monoisotopic (exact) mass is 544 g/mol. The van der Waals surface area contributed by atoms with E-state index in [0.717, 1.165) is 25.7 Å². The lowest BCUT2D eigenvalue weighted by molar-refractivity contribution is 0.0697. The van der Waals surface area contributed by atoms with Crippen LogP contribution in [-0.4, -0.2) is 48.2 Å². The van der Waals surface area contributed by atoms with Crippen LogP contribution in [0.25, 0.3) is 17.2 Å². The SMILES string of the molecule is CCCCc1[nH]c(=O)c(C(=O)N2CCC(/C(C)=C/c3ccccc3C)CC2)c(O)c1-c1c(OC)cccc1OC. The molecule has 2 N–H and O–H groups in total. The molecule has 40 heavy (non-hydrogen) atoms. The van der Waals surface area contributed by atoms with Crippen molar-refractivity contribution in [1.82, 2.24) is 9.88 Å². The first-order valence-corrected chi connectivity index (χ1v) is 14.0. The molecule has 212 valence electrons. The maximum atomic E-state index is 13.7. The smallest absolute Gasteiger partial charge is 0.264 e. The van der Waals surface area contributed by atoms with Crippen LogP contribution in [0.4, 0.5) is 0 Å². The van der Waals surface area contributed by atoms with E-state index in [4.69, 9.17) is 9.47 Å². The summed E-state index contributed by atoms with van der Waals surface area (Å²) in [5, 5.41) is 11.6. The second kappa shape index (κ2) is 12.9. The second-order valence-corrected chi connectivity index (χ2v) is 10.5. The first-order valence-electron chi connectivity index (χ1n) is 14.0. The minimum Gasteiger partial charge on any atom is -0.506 e. The number of H-pyrrole nitrogens is 1. The van der Waals surface area contributed by atoms with Gasteiger partial charge in [-0.25, -0.2) is 0 Å². The third-order valence-corrected chi connectivity index (χ3v) is 7.94. The highest BCUT2D eigenvalue weighted by Crippen LogP contribution is 2.45. The highest BCUT2D eigenvalue weighted by molar-refractivity contribution is 6.00. The lowest BCUT2D eigenvalue weighted by atomic mass is 9.88. The van der Waals surface area contributed by atoms with Crippen molar-refractivity contribution in [3.05, 3.63) is 80.8 Å². The zero-order valence-electron chi connectivity index (χ0n) is 24.2. The first-order chi connectivity index (χ1) is 19.3. The van der Waals surface area contributed by atoms with E-state index in [9.17, 15) is 14.7 Å². The number of hydrogen-bond acceptors (Lipinski definition) is 5. The first kappa shape index (κ1) is 29.0. The molecule has 0 aliphatic carbocycles. The Kier molecular flexibility index (Phi) is 9.35. The molecule has 1 aliphatic rings. The molecule has 2 heterocycles. The average Bonchev–Trinajstić information content (AvgIpc) is 2.96. The van der Waals surface area contributed by atoms with Gasteiger partial charge in [-0.15, -0.1) is 0 Å². The van der Waals surface area contributed by atoms with Crippen molar-refractivity contribution in [2.45, 2.75) is 52.9 Å². The lowest BCUT2D eigenvalue weighted by Gasteiger charge is -2.33. The number of benzene rings is 2. The summed E-state index contributed by atoms with van der Waals surface area (Å²) in [6.45, 7) is 7.32. The molecule has 1 saturated heterocycles. The highest BCUT2D eigenvalue weighted by Gasteiger charge is 2.31. The number of piperidine rings is 1. The van der Waals surface area contributed by atoms with E-state index in [0.29, 0.717) is 53.7 Å². The number of nitrogens with one attached hydrogen (secondary N) is 1. The zero-order chi connectivity index (χ0) is 28.8. The lowest BCUT2D eigenvalue weighted by Crippen LogP contribution is -2.41. The number of aryl methyl sites for hydroxylation is 2. The van der Waals surface area contributed by atoms with Crippen LogP contribution in [0.1, 0.15) is 66.7 Å². The number of hydrogen-bond donors (Lipinski definition) is 2. The zero-order valence-corrected chi connectivity index (χ0v) is 24.2. The van der Waals surface area contributed by atoms with Crippen LogP contribution in [-0.2, 0) is 6.42 Å². The van der Waals surface area contributed by atoms with Gasteiger partial charge in [-0.1, -0.05) is 55.3 Å². The molecule has 0 unspecified atom stereocenters. The maximum absolute atomic E-state index is 13.7. The summed E-state index contributed by atoms with van der Waals surface area (Å²) in [5.74, 6) is 0.514. The minimum atomic E-state index is -0.580. The fraction of sp³-hybridized carbons (Fsp3) is 0.394. The van der Waals surface area contributed by atoms with Crippen molar-refractivity contribution in [2.24, 2.45) is 5.92 Å². The van der Waals surface area contributed by atoms with E-state index in [1.54, 1.807) is 37.3 Å².